The third-order valence-electron chi connectivity index (χ3n) is 5.11. The first-order chi connectivity index (χ1) is 16.6. The van der Waals surface area contributed by atoms with Crippen LogP contribution in [-0.2, 0) is 21.2 Å². The van der Waals surface area contributed by atoms with Crippen LogP contribution in [0.2, 0.25) is 5.02 Å². The summed E-state index contributed by atoms with van der Waals surface area (Å²) in [6, 6.07) is 20.5. The van der Waals surface area contributed by atoms with Gasteiger partial charge in [-0.15, -0.1) is 0 Å². The maximum atomic E-state index is 12.8. The second-order valence-electron chi connectivity index (χ2n) is 7.88. The monoisotopic (exact) mass is 517 g/mol. The zero-order valence-electron chi connectivity index (χ0n) is 18.6. The van der Waals surface area contributed by atoms with E-state index in [0.717, 1.165) is 0 Å². The molecule has 0 aliphatic rings. The van der Waals surface area contributed by atoms with Crippen LogP contribution < -0.4 is 10.1 Å². The van der Waals surface area contributed by atoms with Gasteiger partial charge in [0.1, 0.15) is 12.4 Å². The Morgan fingerprint density at radius 2 is 1.57 bits per heavy atom. The van der Waals surface area contributed by atoms with Gasteiger partial charge < -0.3 is 20.3 Å². The fraction of sp³-hybridized carbons (Fsp3) is 0.200. The van der Waals surface area contributed by atoms with Crippen molar-refractivity contribution in [3.63, 3.8) is 0 Å². The van der Waals surface area contributed by atoms with Crippen molar-refractivity contribution in [1.82, 2.24) is 5.32 Å². The molecule has 0 radical (unpaired) electrons. The summed E-state index contributed by atoms with van der Waals surface area (Å²) in [6.45, 7) is -0.354. The van der Waals surface area contributed by atoms with E-state index in [0.29, 0.717) is 28.4 Å². The van der Waals surface area contributed by atoms with Gasteiger partial charge in [0.15, 0.2) is 15.6 Å². The highest BCUT2D eigenvalue weighted by molar-refractivity contribution is 7.91. The van der Waals surface area contributed by atoms with E-state index < -0.39 is 33.8 Å². The van der Waals surface area contributed by atoms with Crippen molar-refractivity contribution < 1.29 is 33.0 Å². The van der Waals surface area contributed by atoms with Crippen molar-refractivity contribution in [3.05, 3.63) is 95.0 Å². The van der Waals surface area contributed by atoms with Crippen molar-refractivity contribution in [3.8, 4) is 5.75 Å². The number of rotatable bonds is 12. The molecule has 0 aromatic heterocycles. The number of aliphatic hydroxyl groups is 1. The molecule has 0 fully saturated rings. The van der Waals surface area contributed by atoms with Gasteiger partial charge >= 0.3 is 5.97 Å². The number of carbonyl (C=O) groups is 2. The van der Waals surface area contributed by atoms with Gasteiger partial charge in [-0.2, -0.15) is 0 Å². The molecule has 0 heterocycles. The lowest BCUT2D eigenvalue weighted by molar-refractivity contribution is -0.158. The van der Waals surface area contributed by atoms with Crippen LogP contribution in [0.3, 0.4) is 0 Å². The topological polar surface area (TPSA) is 130 Å². The smallest absolute Gasteiger partial charge is 0.340 e. The standard InChI is InChI=1S/C25H24ClNO7S/c26-20-10-8-19(9-11-20)23(28)15-27-14-18-6-12-22(13-7-18)35(32,33)17-25(31,24(29)30)16-34-21-4-2-1-3-5-21/h1-13,27,31H,14-17H2,(H,29,30). The summed E-state index contributed by atoms with van der Waals surface area (Å²) in [5, 5.41) is 23.5. The molecule has 0 bridgehead atoms. The Balaban J connectivity index is 1.59. The Labute approximate surface area is 208 Å². The highest BCUT2D eigenvalue weighted by Crippen LogP contribution is 2.20. The normalized spacial score (nSPS) is 13.1. The van der Waals surface area contributed by atoms with E-state index in [-0.39, 0.29) is 17.2 Å². The van der Waals surface area contributed by atoms with E-state index in [1.165, 1.54) is 12.1 Å². The molecular formula is C25H24ClNO7S. The summed E-state index contributed by atoms with van der Waals surface area (Å²) >= 11 is 5.82. The number of hydrogen-bond donors (Lipinski definition) is 3. The van der Waals surface area contributed by atoms with Crippen LogP contribution in [0.5, 0.6) is 5.75 Å². The number of halogens is 1. The number of ketones is 1. The fourth-order valence-corrected chi connectivity index (χ4v) is 4.83. The van der Waals surface area contributed by atoms with Crippen LogP contribution in [0.15, 0.2) is 83.8 Å². The third-order valence-corrected chi connectivity index (χ3v) is 7.21. The van der Waals surface area contributed by atoms with E-state index in [1.807, 2.05) is 0 Å². The maximum Gasteiger partial charge on any atom is 0.340 e. The van der Waals surface area contributed by atoms with Crippen LogP contribution in [-0.4, -0.2) is 54.9 Å². The number of hydrogen-bond acceptors (Lipinski definition) is 7. The molecule has 3 aromatic carbocycles. The molecule has 1 unspecified atom stereocenters. The van der Waals surface area contributed by atoms with Crippen molar-refractivity contribution >= 4 is 33.2 Å². The SMILES string of the molecule is O=C(CNCc1ccc(S(=O)(=O)CC(O)(COc2ccccc2)C(=O)O)cc1)c1ccc(Cl)cc1. The number of sulfone groups is 1. The molecule has 10 heteroatoms. The van der Waals surface area contributed by atoms with Gasteiger partial charge in [-0.25, -0.2) is 13.2 Å². The average molecular weight is 518 g/mol. The minimum absolute atomic E-state index is 0.0781. The van der Waals surface area contributed by atoms with Crippen molar-refractivity contribution in [1.29, 1.82) is 0 Å². The summed E-state index contributed by atoms with van der Waals surface area (Å²) in [7, 11) is -4.15. The first-order valence-electron chi connectivity index (χ1n) is 10.5. The molecule has 0 saturated heterocycles. The first-order valence-corrected chi connectivity index (χ1v) is 12.6. The molecule has 3 aromatic rings. The Kier molecular flexibility index (Phi) is 8.63. The average Bonchev–Trinajstić information content (AvgIpc) is 2.84. The number of nitrogens with one attached hydrogen (secondary N) is 1. The zero-order valence-corrected chi connectivity index (χ0v) is 20.1. The van der Waals surface area contributed by atoms with Gasteiger partial charge in [-0.1, -0.05) is 41.9 Å². The Bertz CT molecular complexity index is 1260. The third kappa shape index (κ3) is 7.37. The highest BCUT2D eigenvalue weighted by Gasteiger charge is 2.42. The summed E-state index contributed by atoms with van der Waals surface area (Å²) < 4.78 is 30.9. The van der Waals surface area contributed by atoms with E-state index in [4.69, 9.17) is 16.3 Å². The summed E-state index contributed by atoms with van der Waals surface area (Å²) in [5.74, 6) is -2.58. The number of benzene rings is 3. The van der Waals surface area contributed by atoms with Crippen molar-refractivity contribution in [2.45, 2.75) is 17.0 Å². The van der Waals surface area contributed by atoms with Crippen LogP contribution in [0, 0.1) is 0 Å². The fourth-order valence-electron chi connectivity index (χ4n) is 3.16. The van der Waals surface area contributed by atoms with E-state index in [9.17, 15) is 28.2 Å². The lowest BCUT2D eigenvalue weighted by Crippen LogP contribution is -2.50. The van der Waals surface area contributed by atoms with Gasteiger partial charge in [0.05, 0.1) is 17.2 Å². The van der Waals surface area contributed by atoms with Gasteiger partial charge in [0.25, 0.3) is 0 Å². The highest BCUT2D eigenvalue weighted by atomic mass is 35.5. The van der Waals surface area contributed by atoms with Gasteiger partial charge in [0.2, 0.25) is 5.60 Å². The second kappa shape index (κ2) is 11.5. The number of Topliss-reactive ketones (excluding diaryl/α,β-unsaturated/α-hetero) is 1. The molecule has 1 atom stereocenters. The Morgan fingerprint density at radius 3 is 2.17 bits per heavy atom. The van der Waals surface area contributed by atoms with Gasteiger partial charge in [-0.3, -0.25) is 4.79 Å². The molecule has 0 aliphatic carbocycles. The second-order valence-corrected chi connectivity index (χ2v) is 10.3. The summed E-state index contributed by atoms with van der Waals surface area (Å²) in [5.41, 5.74) is -1.41. The molecule has 3 N–H and O–H groups in total. The summed E-state index contributed by atoms with van der Waals surface area (Å²) in [4.78, 5) is 23.7. The van der Waals surface area contributed by atoms with Gasteiger partial charge in [0, 0.05) is 17.1 Å². The maximum absolute atomic E-state index is 12.8. The zero-order chi connectivity index (χ0) is 25.5. The predicted molar refractivity (Wildman–Crippen MR) is 131 cm³/mol. The molecule has 8 nitrogen and oxygen atoms in total. The summed E-state index contributed by atoms with van der Waals surface area (Å²) in [6.07, 6.45) is 0. The predicted octanol–water partition coefficient (Wildman–Crippen LogP) is 2.98. The molecule has 0 amide bonds. The number of carbonyl (C=O) groups excluding carboxylic acids is 1. The van der Waals surface area contributed by atoms with Crippen molar-refractivity contribution in [2.75, 3.05) is 18.9 Å². The number of carboxylic acids is 1. The van der Waals surface area contributed by atoms with Gasteiger partial charge in [-0.05, 0) is 54.1 Å². The number of carboxylic acid groups (broad SMARTS) is 1. The molecule has 35 heavy (non-hydrogen) atoms. The molecule has 0 saturated carbocycles. The molecule has 3 rings (SSSR count). The van der Waals surface area contributed by atoms with E-state index >= 15 is 0 Å². The number of ether oxygens (including phenoxy) is 1. The molecular weight excluding hydrogens is 494 g/mol. The quantitative estimate of drug-likeness (QED) is 0.313. The lowest BCUT2D eigenvalue weighted by Gasteiger charge is -2.23. The molecule has 0 spiro atoms. The lowest BCUT2D eigenvalue weighted by atomic mass is 10.1. The number of para-hydroxylation sites is 1. The number of aliphatic carboxylic acids is 1. The molecule has 184 valence electrons. The Hall–Kier alpha value is -3.24. The first kappa shape index (κ1) is 26.4. The Morgan fingerprint density at radius 1 is 0.943 bits per heavy atom. The van der Waals surface area contributed by atoms with Crippen LogP contribution in [0.4, 0.5) is 0 Å². The largest absolute Gasteiger partial charge is 0.490 e. The van der Waals surface area contributed by atoms with Crippen LogP contribution in [0.25, 0.3) is 0 Å². The van der Waals surface area contributed by atoms with Crippen LogP contribution >= 0.6 is 11.6 Å². The minimum Gasteiger partial charge on any atom is -0.490 e. The minimum atomic E-state index is -4.15. The van der Waals surface area contributed by atoms with Crippen molar-refractivity contribution in [2.24, 2.45) is 0 Å². The van der Waals surface area contributed by atoms with E-state index in [1.54, 1.807) is 66.7 Å². The molecule has 0 aliphatic heterocycles. The van der Waals surface area contributed by atoms with E-state index in [2.05, 4.69) is 5.32 Å². The van der Waals surface area contributed by atoms with Crippen LogP contribution in [0.1, 0.15) is 15.9 Å².